The molecule has 4 heterocycles. The molecule has 7 heteroatoms. The van der Waals surface area contributed by atoms with E-state index in [2.05, 4.69) is 35.0 Å². The summed E-state index contributed by atoms with van der Waals surface area (Å²) in [5, 5.41) is 4.56. The van der Waals surface area contributed by atoms with Crippen LogP contribution < -0.4 is 0 Å². The third-order valence-corrected chi connectivity index (χ3v) is 6.20. The quantitative estimate of drug-likeness (QED) is 0.795. The lowest BCUT2D eigenvalue weighted by Crippen LogP contribution is -2.40. The SMILES string of the molecule is Cc1cc(C)n([C@@H](C)CC(=O)N2CCCC[C@H]2c2ncc3c(n2)CCN(C)C3)n1. The van der Waals surface area contributed by atoms with Gasteiger partial charge in [-0.25, -0.2) is 9.97 Å². The minimum absolute atomic E-state index is 0.00568. The van der Waals surface area contributed by atoms with Crippen molar-refractivity contribution in [2.24, 2.45) is 0 Å². The summed E-state index contributed by atoms with van der Waals surface area (Å²) in [5.41, 5.74) is 4.46. The molecule has 7 nitrogen and oxygen atoms in total. The van der Waals surface area contributed by atoms with E-state index < -0.39 is 0 Å². The van der Waals surface area contributed by atoms with E-state index in [0.29, 0.717) is 6.42 Å². The Morgan fingerprint density at radius 1 is 1.28 bits per heavy atom. The van der Waals surface area contributed by atoms with Gasteiger partial charge in [-0.05, 0) is 53.1 Å². The maximum atomic E-state index is 13.2. The lowest BCUT2D eigenvalue weighted by molar-refractivity contribution is -0.136. The first-order chi connectivity index (χ1) is 13.9. The molecule has 0 unspecified atom stereocenters. The van der Waals surface area contributed by atoms with Gasteiger partial charge in [0.05, 0.1) is 17.8 Å². The van der Waals surface area contributed by atoms with Gasteiger partial charge in [0.15, 0.2) is 5.82 Å². The number of hydrogen-bond acceptors (Lipinski definition) is 5. The average molecular weight is 397 g/mol. The van der Waals surface area contributed by atoms with Crippen molar-refractivity contribution in [3.05, 3.63) is 40.7 Å². The number of amides is 1. The standard InChI is InChI=1S/C22H32N6O/c1-15-11-16(2)28(25-15)17(3)12-21(29)27-9-6-5-7-20(27)22-23-13-18-14-26(4)10-8-19(18)24-22/h11,13,17,20H,5-10,12,14H2,1-4H3/t17-,20-/m0/s1. The molecule has 2 aromatic rings. The molecule has 1 amide bonds. The Hall–Kier alpha value is -2.28. The van der Waals surface area contributed by atoms with E-state index >= 15 is 0 Å². The summed E-state index contributed by atoms with van der Waals surface area (Å²) in [6.45, 7) is 8.83. The molecular weight excluding hydrogens is 364 g/mol. The first-order valence-electron chi connectivity index (χ1n) is 10.8. The van der Waals surface area contributed by atoms with Gasteiger partial charge in [0, 0.05) is 55.6 Å². The summed E-state index contributed by atoms with van der Waals surface area (Å²) in [7, 11) is 2.13. The van der Waals surface area contributed by atoms with Gasteiger partial charge < -0.3 is 9.80 Å². The summed E-state index contributed by atoms with van der Waals surface area (Å²) in [5.74, 6) is 0.996. The van der Waals surface area contributed by atoms with Crippen molar-refractivity contribution in [2.75, 3.05) is 20.1 Å². The molecule has 2 aromatic heterocycles. The fourth-order valence-corrected chi connectivity index (χ4v) is 4.68. The molecule has 2 aliphatic heterocycles. The summed E-state index contributed by atoms with van der Waals surface area (Å²) in [4.78, 5) is 27.1. The Morgan fingerprint density at radius 3 is 2.86 bits per heavy atom. The van der Waals surface area contributed by atoms with E-state index in [4.69, 9.17) is 4.98 Å². The predicted molar refractivity (Wildman–Crippen MR) is 111 cm³/mol. The Balaban J connectivity index is 1.51. The van der Waals surface area contributed by atoms with Gasteiger partial charge in [0.1, 0.15) is 0 Å². The molecule has 0 radical (unpaired) electrons. The minimum atomic E-state index is -0.00568. The van der Waals surface area contributed by atoms with E-state index in [-0.39, 0.29) is 18.0 Å². The third kappa shape index (κ3) is 4.20. The summed E-state index contributed by atoms with van der Waals surface area (Å²) in [6.07, 6.45) is 6.49. The molecule has 0 saturated carbocycles. The molecular formula is C22H32N6O. The summed E-state index contributed by atoms with van der Waals surface area (Å²) in [6, 6.07) is 2.09. The maximum absolute atomic E-state index is 13.2. The van der Waals surface area contributed by atoms with E-state index in [0.717, 1.165) is 68.2 Å². The van der Waals surface area contributed by atoms with Crippen LogP contribution in [0.5, 0.6) is 0 Å². The zero-order valence-corrected chi connectivity index (χ0v) is 18.1. The van der Waals surface area contributed by atoms with Crippen molar-refractivity contribution in [3.63, 3.8) is 0 Å². The predicted octanol–water partition coefficient (Wildman–Crippen LogP) is 2.98. The van der Waals surface area contributed by atoms with Crippen LogP contribution >= 0.6 is 0 Å². The number of carbonyl (C=O) groups excluding carboxylic acids is 1. The van der Waals surface area contributed by atoms with Crippen LogP contribution in [0.25, 0.3) is 0 Å². The van der Waals surface area contributed by atoms with E-state index in [1.165, 1.54) is 5.56 Å². The van der Waals surface area contributed by atoms with Crippen LogP contribution in [0.4, 0.5) is 0 Å². The number of carbonyl (C=O) groups is 1. The van der Waals surface area contributed by atoms with Gasteiger partial charge in [-0.1, -0.05) is 0 Å². The summed E-state index contributed by atoms with van der Waals surface area (Å²) >= 11 is 0. The Labute approximate surface area is 173 Å². The Morgan fingerprint density at radius 2 is 2.10 bits per heavy atom. The molecule has 2 aliphatic rings. The highest BCUT2D eigenvalue weighted by atomic mass is 16.2. The summed E-state index contributed by atoms with van der Waals surface area (Å²) < 4.78 is 1.97. The molecule has 156 valence electrons. The molecule has 1 fully saturated rings. The van der Waals surface area contributed by atoms with Crippen molar-refractivity contribution in [1.82, 2.24) is 29.5 Å². The number of hydrogen-bond donors (Lipinski definition) is 0. The highest BCUT2D eigenvalue weighted by molar-refractivity contribution is 5.77. The highest BCUT2D eigenvalue weighted by Gasteiger charge is 2.31. The molecule has 0 spiro atoms. The molecule has 1 saturated heterocycles. The molecule has 4 rings (SSSR count). The second kappa shape index (κ2) is 8.22. The normalized spacial score (nSPS) is 21.1. The van der Waals surface area contributed by atoms with Crippen LogP contribution in [0, 0.1) is 13.8 Å². The topological polar surface area (TPSA) is 67.2 Å². The van der Waals surface area contributed by atoms with Crippen LogP contribution in [0.2, 0.25) is 0 Å². The van der Waals surface area contributed by atoms with Gasteiger partial charge >= 0.3 is 0 Å². The smallest absolute Gasteiger partial charge is 0.225 e. The van der Waals surface area contributed by atoms with Gasteiger partial charge in [0.2, 0.25) is 5.91 Å². The number of likely N-dealkylation sites (N-methyl/N-ethyl adjacent to an activating group) is 1. The van der Waals surface area contributed by atoms with Crippen molar-refractivity contribution >= 4 is 5.91 Å². The van der Waals surface area contributed by atoms with Gasteiger partial charge in [0.25, 0.3) is 0 Å². The van der Waals surface area contributed by atoms with Crippen molar-refractivity contribution in [3.8, 4) is 0 Å². The second-order valence-corrected chi connectivity index (χ2v) is 8.71. The Kier molecular flexibility index (Phi) is 5.67. The first kappa shape index (κ1) is 20.0. The number of piperidine rings is 1. The first-order valence-corrected chi connectivity index (χ1v) is 10.8. The number of aryl methyl sites for hydroxylation is 2. The zero-order valence-electron chi connectivity index (χ0n) is 18.1. The minimum Gasteiger partial charge on any atom is -0.332 e. The van der Waals surface area contributed by atoms with Crippen LogP contribution in [-0.2, 0) is 17.8 Å². The molecule has 0 N–H and O–H groups in total. The van der Waals surface area contributed by atoms with E-state index in [1.54, 1.807) is 0 Å². The maximum Gasteiger partial charge on any atom is 0.225 e. The van der Waals surface area contributed by atoms with Crippen molar-refractivity contribution in [2.45, 2.75) is 71.5 Å². The van der Waals surface area contributed by atoms with Gasteiger partial charge in [-0.15, -0.1) is 0 Å². The number of rotatable bonds is 4. The van der Waals surface area contributed by atoms with E-state index in [9.17, 15) is 4.79 Å². The highest BCUT2D eigenvalue weighted by Crippen LogP contribution is 2.31. The fraction of sp³-hybridized carbons (Fsp3) is 0.636. The van der Waals surface area contributed by atoms with Crippen LogP contribution in [0.1, 0.15) is 73.2 Å². The van der Waals surface area contributed by atoms with Crippen molar-refractivity contribution in [1.29, 1.82) is 0 Å². The second-order valence-electron chi connectivity index (χ2n) is 8.71. The van der Waals surface area contributed by atoms with E-state index in [1.807, 2.05) is 29.6 Å². The molecule has 0 bridgehead atoms. The number of likely N-dealkylation sites (tertiary alicyclic amines) is 1. The lowest BCUT2D eigenvalue weighted by atomic mass is 9.99. The largest absolute Gasteiger partial charge is 0.332 e. The number of nitrogens with zero attached hydrogens (tertiary/aromatic N) is 6. The third-order valence-electron chi connectivity index (χ3n) is 6.20. The molecule has 29 heavy (non-hydrogen) atoms. The van der Waals surface area contributed by atoms with Gasteiger partial charge in [-0.3, -0.25) is 9.48 Å². The van der Waals surface area contributed by atoms with Crippen LogP contribution in [0.3, 0.4) is 0 Å². The van der Waals surface area contributed by atoms with Crippen LogP contribution in [-0.4, -0.2) is 55.6 Å². The van der Waals surface area contributed by atoms with Crippen LogP contribution in [0.15, 0.2) is 12.3 Å². The molecule has 0 aromatic carbocycles. The Bertz CT molecular complexity index is 891. The zero-order chi connectivity index (χ0) is 20.5. The van der Waals surface area contributed by atoms with Crippen molar-refractivity contribution < 1.29 is 4.79 Å². The fourth-order valence-electron chi connectivity index (χ4n) is 4.68. The molecule has 0 aliphatic carbocycles. The monoisotopic (exact) mass is 396 g/mol. The average Bonchev–Trinajstić information content (AvgIpc) is 3.05. The lowest BCUT2D eigenvalue weighted by Gasteiger charge is -2.36. The van der Waals surface area contributed by atoms with Gasteiger partial charge in [-0.2, -0.15) is 5.10 Å². The number of fused-ring (bicyclic) bond motifs is 1. The molecule has 2 atom stereocenters. The number of aromatic nitrogens is 4.